The van der Waals surface area contributed by atoms with Crippen molar-refractivity contribution in [1.29, 1.82) is 0 Å². The van der Waals surface area contributed by atoms with Gasteiger partial charge in [-0.1, -0.05) is 43.7 Å². The highest BCUT2D eigenvalue weighted by molar-refractivity contribution is 5.85. The molecule has 0 aliphatic carbocycles. The predicted molar refractivity (Wildman–Crippen MR) is 52.7 cm³/mol. The Morgan fingerprint density at radius 3 is 2.09 bits per heavy atom. The van der Waals surface area contributed by atoms with Crippen LogP contribution in [0.4, 0.5) is 0 Å². The highest BCUT2D eigenvalue weighted by Crippen LogP contribution is 2.00. The number of rotatable bonds is 2. The van der Waals surface area contributed by atoms with Crippen LogP contribution in [-0.4, -0.2) is 0 Å². The molecule has 1 rings (SSSR count). The predicted octanol–water partition coefficient (Wildman–Crippen LogP) is 3.22. The number of benzene rings is 1. The molecule has 0 saturated heterocycles. The molecule has 0 bridgehead atoms. The van der Waals surface area contributed by atoms with E-state index in [1.165, 1.54) is 18.4 Å². The molecule has 0 fully saturated rings. The lowest BCUT2D eigenvalue weighted by Crippen LogP contribution is -1.78. The first-order valence-corrected chi connectivity index (χ1v) is 3.47. The Labute approximate surface area is 74.8 Å². The van der Waals surface area contributed by atoms with E-state index in [1.54, 1.807) is 0 Å². The van der Waals surface area contributed by atoms with E-state index >= 15 is 0 Å². The summed E-state index contributed by atoms with van der Waals surface area (Å²) in [6.07, 6.45) is 2.45. The molecule has 0 aromatic heterocycles. The Kier molecular flexibility index (Phi) is 9.01. The third-order valence-corrected chi connectivity index (χ3v) is 1.38. The lowest BCUT2D eigenvalue weighted by Gasteiger charge is -1.93. The van der Waals surface area contributed by atoms with Gasteiger partial charge in [0, 0.05) is 0 Å². The molecule has 0 spiro atoms. The van der Waals surface area contributed by atoms with E-state index in [1.807, 2.05) is 0 Å². The first kappa shape index (κ1) is 13.1. The van der Waals surface area contributed by atoms with Crippen molar-refractivity contribution in [3.05, 3.63) is 35.9 Å². The van der Waals surface area contributed by atoms with Crippen LogP contribution in [0.2, 0.25) is 0 Å². The molecule has 3 N–H and O–H groups in total. The van der Waals surface area contributed by atoms with E-state index < -0.39 is 0 Å². The van der Waals surface area contributed by atoms with Gasteiger partial charge in [0.2, 0.25) is 0 Å². The van der Waals surface area contributed by atoms with Crippen molar-refractivity contribution in [3.8, 4) is 0 Å². The van der Waals surface area contributed by atoms with Crippen LogP contribution in [0.5, 0.6) is 0 Å². The van der Waals surface area contributed by atoms with Crippen LogP contribution < -0.4 is 6.15 Å². The normalized spacial score (nSPS) is 7.73. The van der Waals surface area contributed by atoms with Gasteiger partial charge in [-0.15, -0.1) is 12.4 Å². The standard InChI is InChI=1S/C9H12.ClH.H3N/c1-2-6-9-7-4-3-5-8-9;;/h3-5,7-8H,2,6H2,1H3;1H;1H3. The van der Waals surface area contributed by atoms with Crippen LogP contribution in [0.3, 0.4) is 0 Å². The lowest BCUT2D eigenvalue weighted by molar-refractivity contribution is 0.922. The maximum atomic E-state index is 2.20. The molecule has 0 amide bonds. The maximum Gasteiger partial charge on any atom is -0.0281 e. The minimum Gasteiger partial charge on any atom is -0.344 e. The van der Waals surface area contributed by atoms with Gasteiger partial charge in [-0.2, -0.15) is 0 Å². The SMILES string of the molecule is CCCc1ccccc1.Cl.N. The van der Waals surface area contributed by atoms with Gasteiger partial charge in [0.15, 0.2) is 0 Å². The van der Waals surface area contributed by atoms with E-state index in [9.17, 15) is 0 Å². The fourth-order valence-corrected chi connectivity index (χ4v) is 0.933. The molecule has 0 radical (unpaired) electrons. The molecule has 1 aromatic carbocycles. The zero-order valence-corrected chi connectivity index (χ0v) is 7.73. The Bertz CT molecular complexity index is 162. The second-order valence-corrected chi connectivity index (χ2v) is 2.24. The first-order chi connectivity index (χ1) is 4.43. The molecule has 0 heterocycles. The third-order valence-electron chi connectivity index (χ3n) is 1.38. The van der Waals surface area contributed by atoms with E-state index in [-0.39, 0.29) is 18.6 Å². The van der Waals surface area contributed by atoms with Gasteiger partial charge in [0.25, 0.3) is 0 Å². The highest BCUT2D eigenvalue weighted by Gasteiger charge is 1.84. The number of halogens is 1. The molecule has 1 aromatic rings. The first-order valence-electron chi connectivity index (χ1n) is 3.47. The summed E-state index contributed by atoms with van der Waals surface area (Å²) >= 11 is 0. The van der Waals surface area contributed by atoms with Gasteiger partial charge < -0.3 is 6.15 Å². The molecule has 11 heavy (non-hydrogen) atoms. The smallest absolute Gasteiger partial charge is 0.0281 e. The van der Waals surface area contributed by atoms with E-state index in [0.29, 0.717) is 0 Å². The van der Waals surface area contributed by atoms with Crippen LogP contribution in [0.1, 0.15) is 18.9 Å². The summed E-state index contributed by atoms with van der Waals surface area (Å²) in [5.74, 6) is 0. The summed E-state index contributed by atoms with van der Waals surface area (Å²) in [6, 6.07) is 10.6. The number of aryl methyl sites for hydroxylation is 1. The average Bonchev–Trinajstić information content (AvgIpc) is 1.91. The van der Waals surface area contributed by atoms with Crippen LogP contribution in [-0.2, 0) is 6.42 Å². The monoisotopic (exact) mass is 173 g/mol. The van der Waals surface area contributed by atoms with Crippen molar-refractivity contribution in [1.82, 2.24) is 6.15 Å². The molecule has 2 heteroatoms. The fraction of sp³-hybridized carbons (Fsp3) is 0.333. The third kappa shape index (κ3) is 4.82. The van der Waals surface area contributed by atoms with Crippen molar-refractivity contribution in [3.63, 3.8) is 0 Å². The van der Waals surface area contributed by atoms with Crippen molar-refractivity contribution >= 4 is 12.4 Å². The minimum absolute atomic E-state index is 0. The lowest BCUT2D eigenvalue weighted by atomic mass is 10.1. The van der Waals surface area contributed by atoms with Gasteiger partial charge >= 0.3 is 0 Å². The van der Waals surface area contributed by atoms with Gasteiger partial charge in [0.05, 0.1) is 0 Å². The van der Waals surface area contributed by atoms with Crippen LogP contribution >= 0.6 is 12.4 Å². The highest BCUT2D eigenvalue weighted by atomic mass is 35.5. The molecule has 0 aliphatic rings. The van der Waals surface area contributed by atoms with Gasteiger partial charge in [-0.3, -0.25) is 0 Å². The molecule has 0 saturated carbocycles. The van der Waals surface area contributed by atoms with Crippen molar-refractivity contribution in [2.24, 2.45) is 0 Å². The number of hydrogen-bond donors (Lipinski definition) is 1. The van der Waals surface area contributed by atoms with Crippen molar-refractivity contribution < 1.29 is 0 Å². The molecule has 1 nitrogen and oxygen atoms in total. The zero-order valence-electron chi connectivity index (χ0n) is 6.92. The Hall–Kier alpha value is -0.530. The summed E-state index contributed by atoms with van der Waals surface area (Å²) in [4.78, 5) is 0. The Morgan fingerprint density at radius 2 is 1.64 bits per heavy atom. The fourth-order valence-electron chi connectivity index (χ4n) is 0.933. The Morgan fingerprint density at radius 1 is 1.09 bits per heavy atom. The topological polar surface area (TPSA) is 35.0 Å². The van der Waals surface area contributed by atoms with Gasteiger partial charge in [0.1, 0.15) is 0 Å². The largest absolute Gasteiger partial charge is 0.344 e. The maximum absolute atomic E-state index is 2.20. The van der Waals surface area contributed by atoms with Gasteiger partial charge in [-0.25, -0.2) is 0 Å². The summed E-state index contributed by atoms with van der Waals surface area (Å²) in [6.45, 7) is 2.20. The van der Waals surface area contributed by atoms with Crippen LogP contribution in [0.15, 0.2) is 30.3 Å². The number of hydrogen-bond acceptors (Lipinski definition) is 1. The Balaban J connectivity index is 0. The zero-order chi connectivity index (χ0) is 6.53. The second-order valence-electron chi connectivity index (χ2n) is 2.24. The summed E-state index contributed by atoms with van der Waals surface area (Å²) in [7, 11) is 0. The molecule has 0 atom stereocenters. The van der Waals surface area contributed by atoms with E-state index in [4.69, 9.17) is 0 Å². The quantitative estimate of drug-likeness (QED) is 0.733. The molecular weight excluding hydrogens is 158 g/mol. The summed E-state index contributed by atoms with van der Waals surface area (Å²) < 4.78 is 0. The molecule has 0 unspecified atom stereocenters. The summed E-state index contributed by atoms with van der Waals surface area (Å²) in [5, 5.41) is 0. The van der Waals surface area contributed by atoms with Gasteiger partial charge in [-0.05, 0) is 12.0 Å². The van der Waals surface area contributed by atoms with E-state index in [0.717, 1.165) is 0 Å². The molecular formula is C9H16ClN. The average molecular weight is 174 g/mol. The minimum atomic E-state index is 0. The van der Waals surface area contributed by atoms with Crippen LogP contribution in [0.25, 0.3) is 0 Å². The van der Waals surface area contributed by atoms with Crippen molar-refractivity contribution in [2.75, 3.05) is 0 Å². The summed E-state index contributed by atoms with van der Waals surface area (Å²) in [5.41, 5.74) is 1.44. The van der Waals surface area contributed by atoms with Crippen molar-refractivity contribution in [2.45, 2.75) is 19.8 Å². The molecule has 64 valence electrons. The molecule has 0 aliphatic heterocycles. The van der Waals surface area contributed by atoms with Crippen LogP contribution in [0, 0.1) is 0 Å². The second kappa shape index (κ2) is 7.58. The van der Waals surface area contributed by atoms with E-state index in [2.05, 4.69) is 37.3 Å².